The molecule has 0 spiro atoms. The van der Waals surface area contributed by atoms with Gasteiger partial charge in [-0.05, 0) is 57.6 Å². The van der Waals surface area contributed by atoms with E-state index in [9.17, 15) is 0 Å². The summed E-state index contributed by atoms with van der Waals surface area (Å²) in [6.45, 7) is 0. The van der Waals surface area contributed by atoms with E-state index in [0.29, 0.717) is 17.7 Å². The van der Waals surface area contributed by atoms with Gasteiger partial charge in [0.1, 0.15) is 0 Å². The lowest BCUT2D eigenvalue weighted by Crippen LogP contribution is -2.10. The maximum atomic E-state index is 5.40. The molecule has 3 heterocycles. The normalized spacial score (nSPS) is 11.6. The Morgan fingerprint density at radius 2 is 0.554 bits per heavy atom. The summed E-state index contributed by atoms with van der Waals surface area (Å²) in [6.07, 6.45) is 0. The van der Waals surface area contributed by atoms with E-state index in [-0.39, 0.29) is 0 Å². The highest BCUT2D eigenvalue weighted by Crippen LogP contribution is 2.42. The zero-order chi connectivity index (χ0) is 37.0. The second-order valence-corrected chi connectivity index (χ2v) is 14.0. The zero-order valence-electron chi connectivity index (χ0n) is 30.3. The standard InChI is InChI=1S/C51H33N5/c1-2-18-34(19-3-1)35-20-4-5-21-36(35)37-22-6-7-23-38(37)39-24-8-9-29-44(39)49-52-50(55-45-30-14-10-25-40(45)41-26-11-15-31-46(41)55)54-51(53-49)56-47-32-16-12-27-42(47)43-28-13-17-33-48(43)56/h1-33H. The molecule has 3 aromatic heterocycles. The lowest BCUT2D eigenvalue weighted by atomic mass is 9.88. The van der Waals surface area contributed by atoms with Crippen LogP contribution in [0.3, 0.4) is 0 Å². The number of hydrogen-bond acceptors (Lipinski definition) is 3. The molecule has 0 saturated carbocycles. The molecule has 0 unspecified atom stereocenters. The van der Waals surface area contributed by atoms with Crippen molar-refractivity contribution < 1.29 is 0 Å². The predicted molar refractivity (Wildman–Crippen MR) is 230 cm³/mol. The molecule has 5 nitrogen and oxygen atoms in total. The van der Waals surface area contributed by atoms with E-state index in [0.717, 1.165) is 71.4 Å². The lowest BCUT2D eigenvalue weighted by molar-refractivity contribution is 0.893. The van der Waals surface area contributed by atoms with E-state index in [4.69, 9.17) is 15.0 Å². The average Bonchev–Trinajstić information content (AvgIpc) is 3.80. The van der Waals surface area contributed by atoms with E-state index in [2.05, 4.69) is 209 Å². The smallest absolute Gasteiger partial charge is 0.240 e. The Balaban J connectivity index is 1.20. The van der Waals surface area contributed by atoms with Crippen LogP contribution in [0.4, 0.5) is 0 Å². The molecule has 0 aliphatic rings. The molecular formula is C51H33N5. The van der Waals surface area contributed by atoms with Crippen LogP contribution in [0.1, 0.15) is 0 Å². The van der Waals surface area contributed by atoms with Crippen molar-refractivity contribution in [2.45, 2.75) is 0 Å². The van der Waals surface area contributed by atoms with Gasteiger partial charge in [-0.1, -0.05) is 176 Å². The van der Waals surface area contributed by atoms with Gasteiger partial charge in [0.2, 0.25) is 11.9 Å². The minimum atomic E-state index is 0.557. The molecule has 8 aromatic carbocycles. The summed E-state index contributed by atoms with van der Waals surface area (Å²) in [5, 5.41) is 4.59. The molecule has 262 valence electrons. The SMILES string of the molecule is c1ccc(-c2ccccc2-c2ccccc2-c2ccccc2-c2nc(-n3c4ccccc4c4ccccc43)nc(-n3c4ccccc4c4ccccc43)n2)cc1. The van der Waals surface area contributed by atoms with Crippen molar-refractivity contribution in [3.63, 3.8) is 0 Å². The minimum Gasteiger partial charge on any atom is -0.278 e. The number of benzene rings is 8. The number of fused-ring (bicyclic) bond motifs is 6. The van der Waals surface area contributed by atoms with Gasteiger partial charge in [0, 0.05) is 27.1 Å². The molecule has 0 N–H and O–H groups in total. The first-order valence-corrected chi connectivity index (χ1v) is 18.9. The molecule has 56 heavy (non-hydrogen) atoms. The topological polar surface area (TPSA) is 48.5 Å². The second kappa shape index (κ2) is 13.0. The summed E-state index contributed by atoms with van der Waals surface area (Å²) < 4.78 is 4.36. The van der Waals surface area contributed by atoms with E-state index in [1.54, 1.807) is 0 Å². The van der Waals surface area contributed by atoms with E-state index in [1.165, 1.54) is 11.1 Å². The van der Waals surface area contributed by atoms with Crippen molar-refractivity contribution in [1.29, 1.82) is 0 Å². The molecule has 0 fully saturated rings. The highest BCUT2D eigenvalue weighted by molar-refractivity contribution is 6.10. The Morgan fingerprint density at radius 3 is 0.982 bits per heavy atom. The molecule has 0 atom stereocenters. The molecule has 11 rings (SSSR count). The summed E-state index contributed by atoms with van der Waals surface area (Å²) in [5.41, 5.74) is 11.9. The lowest BCUT2D eigenvalue weighted by Gasteiger charge is -2.17. The Labute approximate surface area is 323 Å². The molecule has 0 radical (unpaired) electrons. The van der Waals surface area contributed by atoms with Gasteiger partial charge in [0.05, 0.1) is 22.1 Å². The van der Waals surface area contributed by atoms with Crippen molar-refractivity contribution in [3.8, 4) is 56.7 Å². The summed E-state index contributed by atoms with van der Waals surface area (Å²) in [5.74, 6) is 1.71. The Kier molecular flexibility index (Phi) is 7.42. The van der Waals surface area contributed by atoms with Crippen LogP contribution in [0.15, 0.2) is 200 Å². The number of nitrogens with zero attached hydrogens (tertiary/aromatic N) is 5. The maximum absolute atomic E-state index is 5.40. The van der Waals surface area contributed by atoms with E-state index < -0.39 is 0 Å². The van der Waals surface area contributed by atoms with Crippen molar-refractivity contribution in [1.82, 2.24) is 24.1 Å². The molecule has 0 bridgehead atoms. The number of hydrogen-bond donors (Lipinski definition) is 0. The van der Waals surface area contributed by atoms with Gasteiger partial charge in [0.15, 0.2) is 5.82 Å². The van der Waals surface area contributed by atoms with Crippen LogP contribution in [0.25, 0.3) is 100 Å². The number of rotatable bonds is 6. The average molecular weight is 716 g/mol. The summed E-state index contributed by atoms with van der Waals surface area (Å²) in [6, 6.07) is 70.3. The third-order valence-electron chi connectivity index (χ3n) is 10.9. The Bertz CT molecular complexity index is 3030. The van der Waals surface area contributed by atoms with Crippen molar-refractivity contribution >= 4 is 43.6 Å². The Morgan fingerprint density at radius 1 is 0.250 bits per heavy atom. The fourth-order valence-electron chi connectivity index (χ4n) is 8.40. The van der Waals surface area contributed by atoms with Crippen molar-refractivity contribution in [2.24, 2.45) is 0 Å². The van der Waals surface area contributed by atoms with E-state index >= 15 is 0 Å². The van der Waals surface area contributed by atoms with Crippen LogP contribution in [-0.2, 0) is 0 Å². The molecule has 0 aliphatic heterocycles. The number of para-hydroxylation sites is 4. The van der Waals surface area contributed by atoms with Crippen LogP contribution in [-0.4, -0.2) is 24.1 Å². The molecule has 0 saturated heterocycles. The summed E-state index contributed by atoms with van der Waals surface area (Å²) >= 11 is 0. The van der Waals surface area contributed by atoms with Gasteiger partial charge < -0.3 is 0 Å². The Hall–Kier alpha value is -7.63. The molecular weight excluding hydrogens is 683 g/mol. The van der Waals surface area contributed by atoms with E-state index in [1.807, 2.05) is 0 Å². The predicted octanol–water partition coefficient (Wildman–Crippen LogP) is 12.7. The van der Waals surface area contributed by atoms with Crippen LogP contribution in [0, 0.1) is 0 Å². The van der Waals surface area contributed by atoms with Crippen LogP contribution < -0.4 is 0 Å². The van der Waals surface area contributed by atoms with Crippen LogP contribution >= 0.6 is 0 Å². The van der Waals surface area contributed by atoms with Gasteiger partial charge in [-0.15, -0.1) is 0 Å². The first-order chi connectivity index (χ1) is 27.8. The third-order valence-corrected chi connectivity index (χ3v) is 10.9. The first kappa shape index (κ1) is 31.9. The van der Waals surface area contributed by atoms with Crippen LogP contribution in [0.2, 0.25) is 0 Å². The van der Waals surface area contributed by atoms with Gasteiger partial charge in [0.25, 0.3) is 0 Å². The van der Waals surface area contributed by atoms with Gasteiger partial charge in [-0.2, -0.15) is 15.0 Å². The summed E-state index contributed by atoms with van der Waals surface area (Å²) in [7, 11) is 0. The largest absolute Gasteiger partial charge is 0.278 e. The first-order valence-electron chi connectivity index (χ1n) is 18.9. The zero-order valence-corrected chi connectivity index (χ0v) is 30.3. The molecule has 5 heteroatoms. The van der Waals surface area contributed by atoms with Gasteiger partial charge in [-0.25, -0.2) is 0 Å². The fraction of sp³-hybridized carbons (Fsp3) is 0. The maximum Gasteiger partial charge on any atom is 0.240 e. The minimum absolute atomic E-state index is 0.557. The van der Waals surface area contributed by atoms with Gasteiger partial charge in [-0.3, -0.25) is 9.13 Å². The highest BCUT2D eigenvalue weighted by atomic mass is 15.3. The van der Waals surface area contributed by atoms with Crippen LogP contribution in [0.5, 0.6) is 0 Å². The third kappa shape index (κ3) is 5.06. The van der Waals surface area contributed by atoms with Gasteiger partial charge >= 0.3 is 0 Å². The molecule has 0 amide bonds. The summed E-state index contributed by atoms with van der Waals surface area (Å²) in [4.78, 5) is 16.2. The number of aromatic nitrogens is 5. The molecule has 11 aromatic rings. The highest BCUT2D eigenvalue weighted by Gasteiger charge is 2.22. The monoisotopic (exact) mass is 715 g/mol. The fourth-order valence-corrected chi connectivity index (χ4v) is 8.40. The quantitative estimate of drug-likeness (QED) is 0.172. The van der Waals surface area contributed by atoms with Crippen molar-refractivity contribution in [3.05, 3.63) is 200 Å². The molecule has 0 aliphatic carbocycles. The van der Waals surface area contributed by atoms with Crippen molar-refractivity contribution in [2.75, 3.05) is 0 Å². The second-order valence-electron chi connectivity index (χ2n) is 14.0.